The van der Waals surface area contributed by atoms with Crippen LogP contribution < -0.4 is 5.32 Å². The molecule has 3 aromatic heterocycles. The van der Waals surface area contributed by atoms with E-state index in [4.69, 9.17) is 4.52 Å². The topological polar surface area (TPSA) is 81.1 Å². The first kappa shape index (κ1) is 10.7. The van der Waals surface area contributed by atoms with E-state index in [2.05, 4.69) is 25.7 Å². The summed E-state index contributed by atoms with van der Waals surface area (Å²) >= 11 is 0. The lowest BCUT2D eigenvalue weighted by atomic mass is 10.4. The number of hydrogen-bond donors (Lipinski definition) is 1. The quantitative estimate of drug-likeness (QED) is 0.748. The lowest BCUT2D eigenvalue weighted by Gasteiger charge is -2.03. The zero-order valence-corrected chi connectivity index (χ0v) is 10.1. The van der Waals surface area contributed by atoms with Gasteiger partial charge in [-0.05, 0) is 13.8 Å². The maximum Gasteiger partial charge on any atom is 0.203 e. The first-order chi connectivity index (χ1) is 8.74. The summed E-state index contributed by atoms with van der Waals surface area (Å²) in [6.07, 6.45) is 3.54. The molecule has 0 saturated heterocycles. The Morgan fingerprint density at radius 2 is 2.22 bits per heavy atom. The Kier molecular flexibility index (Phi) is 2.44. The molecule has 3 heterocycles. The zero-order valence-electron chi connectivity index (χ0n) is 10.1. The van der Waals surface area contributed by atoms with E-state index in [0.29, 0.717) is 18.0 Å². The van der Waals surface area contributed by atoms with Crippen molar-refractivity contribution in [3.63, 3.8) is 0 Å². The highest BCUT2D eigenvalue weighted by Gasteiger charge is 2.08. The Hall–Kier alpha value is -2.44. The maximum absolute atomic E-state index is 5.00. The number of aryl methyl sites for hydroxylation is 2. The molecule has 0 atom stereocenters. The van der Waals surface area contributed by atoms with Crippen LogP contribution in [-0.4, -0.2) is 24.7 Å². The minimum atomic E-state index is 0.538. The second kappa shape index (κ2) is 4.10. The molecule has 0 saturated carbocycles. The summed E-state index contributed by atoms with van der Waals surface area (Å²) in [6, 6.07) is 1.88. The van der Waals surface area contributed by atoms with Crippen LogP contribution in [0.1, 0.15) is 17.3 Å². The number of fused-ring (bicyclic) bond motifs is 1. The Bertz CT molecular complexity index is 686. The standard InChI is InChI=1S/C11H12N6O/c1-7-5-9(16-18-7)6-13-10-11-15-14-8(2)17(11)4-3-12-10/h3-5H,6H2,1-2H3,(H,12,13). The molecular weight excluding hydrogens is 232 g/mol. The molecule has 7 heteroatoms. The molecule has 3 rings (SSSR count). The van der Waals surface area contributed by atoms with E-state index in [1.807, 2.05) is 30.5 Å². The molecule has 0 aliphatic carbocycles. The molecule has 18 heavy (non-hydrogen) atoms. The van der Waals surface area contributed by atoms with Gasteiger partial charge in [0.05, 0.1) is 6.54 Å². The average Bonchev–Trinajstić information content (AvgIpc) is 2.94. The molecule has 0 bridgehead atoms. The van der Waals surface area contributed by atoms with Crippen LogP contribution in [-0.2, 0) is 6.54 Å². The Balaban J connectivity index is 1.86. The van der Waals surface area contributed by atoms with Gasteiger partial charge in [-0.2, -0.15) is 0 Å². The molecule has 0 amide bonds. The number of anilines is 1. The summed E-state index contributed by atoms with van der Waals surface area (Å²) in [4.78, 5) is 4.25. The largest absolute Gasteiger partial charge is 0.361 e. The molecule has 0 unspecified atom stereocenters. The van der Waals surface area contributed by atoms with Crippen molar-refractivity contribution in [1.29, 1.82) is 0 Å². The SMILES string of the molecule is Cc1cc(CNc2nccn3c(C)nnc23)no1. The van der Waals surface area contributed by atoms with Gasteiger partial charge in [0.2, 0.25) is 5.65 Å². The number of aromatic nitrogens is 5. The predicted molar refractivity (Wildman–Crippen MR) is 64.1 cm³/mol. The molecule has 0 aliphatic rings. The van der Waals surface area contributed by atoms with Crippen molar-refractivity contribution in [2.24, 2.45) is 0 Å². The van der Waals surface area contributed by atoms with Crippen molar-refractivity contribution in [2.75, 3.05) is 5.32 Å². The minimum absolute atomic E-state index is 0.538. The van der Waals surface area contributed by atoms with Gasteiger partial charge >= 0.3 is 0 Å². The second-order valence-corrected chi connectivity index (χ2v) is 4.00. The van der Waals surface area contributed by atoms with Crippen molar-refractivity contribution in [3.05, 3.63) is 35.7 Å². The molecule has 0 aromatic carbocycles. The van der Waals surface area contributed by atoms with Gasteiger partial charge in [-0.15, -0.1) is 10.2 Å². The van der Waals surface area contributed by atoms with Crippen molar-refractivity contribution in [1.82, 2.24) is 24.7 Å². The van der Waals surface area contributed by atoms with Gasteiger partial charge in [0.1, 0.15) is 17.3 Å². The summed E-state index contributed by atoms with van der Waals surface area (Å²) in [7, 11) is 0. The summed E-state index contributed by atoms with van der Waals surface area (Å²) in [5.74, 6) is 2.29. The van der Waals surface area contributed by atoms with E-state index in [-0.39, 0.29) is 0 Å². The van der Waals surface area contributed by atoms with Gasteiger partial charge in [-0.1, -0.05) is 5.16 Å². The van der Waals surface area contributed by atoms with Crippen LogP contribution in [0.15, 0.2) is 23.0 Å². The van der Waals surface area contributed by atoms with Crippen LogP contribution in [0.25, 0.3) is 5.65 Å². The average molecular weight is 244 g/mol. The van der Waals surface area contributed by atoms with E-state index < -0.39 is 0 Å². The number of nitrogens with one attached hydrogen (secondary N) is 1. The van der Waals surface area contributed by atoms with Crippen molar-refractivity contribution < 1.29 is 4.52 Å². The molecule has 1 N–H and O–H groups in total. The van der Waals surface area contributed by atoms with Crippen LogP contribution in [0.2, 0.25) is 0 Å². The number of nitrogens with zero attached hydrogens (tertiary/aromatic N) is 5. The Labute approximate surface area is 103 Å². The maximum atomic E-state index is 5.00. The lowest BCUT2D eigenvalue weighted by Crippen LogP contribution is -2.04. The highest BCUT2D eigenvalue weighted by atomic mass is 16.5. The highest BCUT2D eigenvalue weighted by Crippen LogP contribution is 2.13. The first-order valence-corrected chi connectivity index (χ1v) is 5.56. The van der Waals surface area contributed by atoms with Gasteiger partial charge in [0.25, 0.3) is 0 Å². The van der Waals surface area contributed by atoms with E-state index >= 15 is 0 Å². The van der Waals surface area contributed by atoms with Crippen molar-refractivity contribution in [3.8, 4) is 0 Å². The molecule has 0 radical (unpaired) electrons. The van der Waals surface area contributed by atoms with Crippen LogP contribution in [0, 0.1) is 13.8 Å². The van der Waals surface area contributed by atoms with E-state index in [9.17, 15) is 0 Å². The first-order valence-electron chi connectivity index (χ1n) is 5.56. The monoisotopic (exact) mass is 244 g/mol. The molecule has 0 spiro atoms. The Morgan fingerprint density at radius 3 is 3.00 bits per heavy atom. The van der Waals surface area contributed by atoms with Crippen LogP contribution in [0.5, 0.6) is 0 Å². The van der Waals surface area contributed by atoms with Gasteiger partial charge in [0.15, 0.2) is 5.82 Å². The number of rotatable bonds is 3. The van der Waals surface area contributed by atoms with Crippen molar-refractivity contribution in [2.45, 2.75) is 20.4 Å². The fraction of sp³-hybridized carbons (Fsp3) is 0.273. The van der Waals surface area contributed by atoms with Crippen molar-refractivity contribution >= 4 is 11.5 Å². The number of hydrogen-bond acceptors (Lipinski definition) is 6. The van der Waals surface area contributed by atoms with Crippen LogP contribution >= 0.6 is 0 Å². The normalized spacial score (nSPS) is 11.0. The molecule has 7 nitrogen and oxygen atoms in total. The molecule has 0 fully saturated rings. The van der Waals surface area contributed by atoms with E-state index in [1.54, 1.807) is 6.20 Å². The zero-order chi connectivity index (χ0) is 12.5. The van der Waals surface area contributed by atoms with Crippen LogP contribution in [0.4, 0.5) is 5.82 Å². The summed E-state index contributed by atoms with van der Waals surface area (Å²) in [6.45, 7) is 4.29. The Morgan fingerprint density at radius 1 is 1.33 bits per heavy atom. The van der Waals surface area contributed by atoms with E-state index in [0.717, 1.165) is 17.3 Å². The molecule has 3 aromatic rings. The summed E-state index contributed by atoms with van der Waals surface area (Å²) in [5, 5.41) is 15.2. The van der Waals surface area contributed by atoms with Crippen LogP contribution in [0.3, 0.4) is 0 Å². The third-order valence-electron chi connectivity index (χ3n) is 2.61. The third-order valence-corrected chi connectivity index (χ3v) is 2.61. The van der Waals surface area contributed by atoms with Gasteiger partial charge < -0.3 is 9.84 Å². The lowest BCUT2D eigenvalue weighted by molar-refractivity contribution is 0.391. The second-order valence-electron chi connectivity index (χ2n) is 4.00. The fourth-order valence-corrected chi connectivity index (χ4v) is 1.74. The summed E-state index contributed by atoms with van der Waals surface area (Å²) in [5.41, 5.74) is 1.53. The fourth-order valence-electron chi connectivity index (χ4n) is 1.74. The smallest absolute Gasteiger partial charge is 0.203 e. The van der Waals surface area contributed by atoms with Gasteiger partial charge in [-0.25, -0.2) is 4.98 Å². The van der Waals surface area contributed by atoms with E-state index in [1.165, 1.54) is 0 Å². The predicted octanol–water partition coefficient (Wildman–Crippen LogP) is 1.34. The van der Waals surface area contributed by atoms with Gasteiger partial charge in [0, 0.05) is 18.5 Å². The summed E-state index contributed by atoms with van der Waals surface area (Å²) < 4.78 is 6.88. The molecule has 92 valence electrons. The highest BCUT2D eigenvalue weighted by molar-refractivity contribution is 5.61. The molecule has 0 aliphatic heterocycles. The third kappa shape index (κ3) is 1.79. The minimum Gasteiger partial charge on any atom is -0.361 e. The molecular formula is C11H12N6O. The van der Waals surface area contributed by atoms with Gasteiger partial charge in [-0.3, -0.25) is 4.40 Å².